The summed E-state index contributed by atoms with van der Waals surface area (Å²) in [4.78, 5) is 25.2. The molecule has 1 N–H and O–H groups in total. The number of aromatic hydroxyl groups is 1. The van der Waals surface area contributed by atoms with Crippen molar-refractivity contribution in [2.24, 2.45) is 0 Å². The maximum Gasteiger partial charge on any atom is 0.338 e. The second-order valence-corrected chi connectivity index (χ2v) is 4.56. The van der Waals surface area contributed by atoms with Gasteiger partial charge in [0.05, 0.1) is 5.56 Å². The van der Waals surface area contributed by atoms with Gasteiger partial charge in [-0.3, -0.25) is 4.79 Å². The first-order valence-corrected chi connectivity index (χ1v) is 6.41. The van der Waals surface area contributed by atoms with Crippen molar-refractivity contribution in [3.05, 3.63) is 29.8 Å². The minimum absolute atomic E-state index is 0.0842. The number of phenolic OH excluding ortho intramolecular Hbond substituents is 1. The Kier molecular flexibility index (Phi) is 4.39. The highest BCUT2D eigenvalue weighted by Crippen LogP contribution is 2.11. The number of benzene rings is 1. The summed E-state index contributed by atoms with van der Waals surface area (Å²) in [6, 6.07) is 5.73. The van der Waals surface area contributed by atoms with E-state index in [0.717, 1.165) is 32.4 Å². The maximum absolute atomic E-state index is 11.8. The summed E-state index contributed by atoms with van der Waals surface area (Å²) in [7, 11) is 0. The first-order chi connectivity index (χ1) is 9.16. The van der Waals surface area contributed by atoms with E-state index in [0.29, 0.717) is 5.56 Å². The molecule has 0 radical (unpaired) electrons. The minimum atomic E-state index is -0.551. The van der Waals surface area contributed by atoms with E-state index in [9.17, 15) is 9.59 Å². The fourth-order valence-electron chi connectivity index (χ4n) is 2.04. The van der Waals surface area contributed by atoms with Crippen molar-refractivity contribution < 1.29 is 19.4 Å². The number of rotatable bonds is 3. The lowest BCUT2D eigenvalue weighted by molar-refractivity contribution is -0.135. The molecule has 102 valence electrons. The van der Waals surface area contributed by atoms with Crippen LogP contribution in [0.25, 0.3) is 0 Å². The van der Waals surface area contributed by atoms with E-state index in [4.69, 9.17) is 9.84 Å². The van der Waals surface area contributed by atoms with E-state index in [-0.39, 0.29) is 18.3 Å². The van der Waals surface area contributed by atoms with E-state index in [1.165, 1.54) is 24.3 Å². The quantitative estimate of drug-likeness (QED) is 0.840. The molecule has 0 unspecified atom stereocenters. The third-order valence-corrected chi connectivity index (χ3v) is 3.14. The van der Waals surface area contributed by atoms with Crippen LogP contribution < -0.4 is 0 Å². The number of phenols is 1. The first kappa shape index (κ1) is 13.4. The number of ether oxygens (including phenoxy) is 1. The molecule has 1 saturated heterocycles. The Morgan fingerprint density at radius 1 is 1.11 bits per heavy atom. The smallest absolute Gasteiger partial charge is 0.338 e. The van der Waals surface area contributed by atoms with Crippen LogP contribution in [0.4, 0.5) is 0 Å². The molecule has 1 aromatic rings. The second-order valence-electron chi connectivity index (χ2n) is 4.56. The van der Waals surface area contributed by atoms with Gasteiger partial charge in [0.2, 0.25) is 0 Å². The highest BCUT2D eigenvalue weighted by atomic mass is 16.5. The number of likely N-dealkylation sites (tertiary alicyclic amines) is 1. The predicted molar refractivity (Wildman–Crippen MR) is 68.8 cm³/mol. The van der Waals surface area contributed by atoms with Crippen molar-refractivity contribution >= 4 is 11.9 Å². The van der Waals surface area contributed by atoms with Gasteiger partial charge in [-0.1, -0.05) is 0 Å². The van der Waals surface area contributed by atoms with Crippen molar-refractivity contribution in [2.75, 3.05) is 19.7 Å². The Bertz CT molecular complexity index is 449. The van der Waals surface area contributed by atoms with Crippen LogP contribution in [0.5, 0.6) is 5.75 Å². The molecular weight excluding hydrogens is 246 g/mol. The molecule has 1 heterocycles. The van der Waals surface area contributed by atoms with Gasteiger partial charge < -0.3 is 14.7 Å². The summed E-state index contributed by atoms with van der Waals surface area (Å²) in [5.41, 5.74) is 0.323. The van der Waals surface area contributed by atoms with Gasteiger partial charge in [-0.05, 0) is 43.5 Å². The molecule has 19 heavy (non-hydrogen) atoms. The lowest BCUT2D eigenvalue weighted by Gasteiger charge is -2.26. The van der Waals surface area contributed by atoms with E-state index < -0.39 is 5.97 Å². The van der Waals surface area contributed by atoms with Crippen molar-refractivity contribution in [2.45, 2.75) is 19.3 Å². The van der Waals surface area contributed by atoms with E-state index in [2.05, 4.69) is 0 Å². The first-order valence-electron chi connectivity index (χ1n) is 6.41. The normalized spacial score (nSPS) is 15.1. The summed E-state index contributed by atoms with van der Waals surface area (Å²) in [6.07, 6.45) is 3.17. The van der Waals surface area contributed by atoms with Crippen LogP contribution in [-0.2, 0) is 9.53 Å². The van der Waals surface area contributed by atoms with Crippen LogP contribution in [0.3, 0.4) is 0 Å². The Morgan fingerprint density at radius 3 is 2.37 bits per heavy atom. The van der Waals surface area contributed by atoms with Gasteiger partial charge >= 0.3 is 5.97 Å². The van der Waals surface area contributed by atoms with E-state index in [1.54, 1.807) is 4.90 Å². The molecule has 0 aromatic heterocycles. The van der Waals surface area contributed by atoms with E-state index in [1.807, 2.05) is 0 Å². The van der Waals surface area contributed by atoms with Gasteiger partial charge in [-0.25, -0.2) is 4.79 Å². The zero-order valence-electron chi connectivity index (χ0n) is 10.7. The zero-order chi connectivity index (χ0) is 13.7. The third kappa shape index (κ3) is 3.71. The van der Waals surface area contributed by atoms with Crippen LogP contribution >= 0.6 is 0 Å². The molecule has 1 fully saturated rings. The largest absolute Gasteiger partial charge is 0.508 e. The fraction of sp³-hybridized carbons (Fsp3) is 0.429. The molecule has 0 spiro atoms. The average molecular weight is 263 g/mol. The van der Waals surface area contributed by atoms with E-state index >= 15 is 0 Å². The highest BCUT2D eigenvalue weighted by Gasteiger charge is 2.18. The van der Waals surface area contributed by atoms with Gasteiger partial charge in [0, 0.05) is 13.1 Å². The number of carbonyl (C=O) groups excluding carboxylic acids is 2. The Hall–Kier alpha value is -2.04. The highest BCUT2D eigenvalue weighted by molar-refractivity contribution is 5.91. The molecule has 5 nitrogen and oxygen atoms in total. The van der Waals surface area contributed by atoms with Crippen molar-refractivity contribution in [1.82, 2.24) is 4.90 Å². The van der Waals surface area contributed by atoms with Crippen LogP contribution in [0.1, 0.15) is 29.6 Å². The number of esters is 1. The molecular formula is C14H17NO4. The summed E-state index contributed by atoms with van der Waals surface area (Å²) >= 11 is 0. The molecule has 0 bridgehead atoms. The lowest BCUT2D eigenvalue weighted by Crippen LogP contribution is -2.38. The van der Waals surface area contributed by atoms with Crippen LogP contribution in [0.15, 0.2) is 24.3 Å². The summed E-state index contributed by atoms with van der Waals surface area (Å²) in [5, 5.41) is 9.11. The van der Waals surface area contributed by atoms with Crippen molar-refractivity contribution in [3.8, 4) is 5.75 Å². The standard InChI is InChI=1S/C14H17NO4/c16-12-6-4-11(5-7-12)14(18)19-10-13(17)15-8-2-1-3-9-15/h4-7,16H,1-3,8-10H2. The SMILES string of the molecule is O=C(OCC(=O)N1CCCCC1)c1ccc(O)cc1. The maximum atomic E-state index is 11.8. The topological polar surface area (TPSA) is 66.8 Å². The molecule has 1 aromatic carbocycles. The lowest BCUT2D eigenvalue weighted by atomic mass is 10.1. The molecule has 2 rings (SSSR count). The summed E-state index contributed by atoms with van der Waals surface area (Å²) < 4.78 is 4.97. The molecule has 0 saturated carbocycles. The number of hydrogen-bond donors (Lipinski definition) is 1. The van der Waals surface area contributed by atoms with Crippen molar-refractivity contribution in [1.29, 1.82) is 0 Å². The summed E-state index contributed by atoms with van der Waals surface area (Å²) in [6.45, 7) is 1.27. The molecule has 0 atom stereocenters. The van der Waals surface area contributed by atoms with Gasteiger partial charge in [-0.15, -0.1) is 0 Å². The second kappa shape index (κ2) is 6.22. The Morgan fingerprint density at radius 2 is 1.74 bits per heavy atom. The molecule has 0 aliphatic carbocycles. The number of nitrogens with zero attached hydrogens (tertiary/aromatic N) is 1. The Balaban J connectivity index is 1.82. The molecule has 5 heteroatoms. The van der Waals surface area contributed by atoms with Gasteiger partial charge in [0.15, 0.2) is 6.61 Å². The number of carbonyl (C=O) groups is 2. The number of piperidine rings is 1. The predicted octanol–water partition coefficient (Wildman–Crippen LogP) is 1.56. The minimum Gasteiger partial charge on any atom is -0.508 e. The van der Waals surface area contributed by atoms with Crippen LogP contribution in [-0.4, -0.2) is 41.6 Å². The summed E-state index contributed by atoms with van der Waals surface area (Å²) in [5.74, 6) is -0.613. The Labute approximate surface area is 111 Å². The van der Waals surface area contributed by atoms with Gasteiger partial charge in [0.1, 0.15) is 5.75 Å². The fourth-order valence-corrected chi connectivity index (χ4v) is 2.04. The zero-order valence-corrected chi connectivity index (χ0v) is 10.7. The molecule has 1 aliphatic rings. The van der Waals surface area contributed by atoms with Crippen LogP contribution in [0, 0.1) is 0 Å². The number of hydrogen-bond acceptors (Lipinski definition) is 4. The third-order valence-electron chi connectivity index (χ3n) is 3.14. The molecule has 1 amide bonds. The van der Waals surface area contributed by atoms with Gasteiger partial charge in [-0.2, -0.15) is 0 Å². The molecule has 1 aliphatic heterocycles. The van der Waals surface area contributed by atoms with Gasteiger partial charge in [0.25, 0.3) is 5.91 Å². The average Bonchev–Trinajstić information content (AvgIpc) is 2.46. The van der Waals surface area contributed by atoms with Crippen molar-refractivity contribution in [3.63, 3.8) is 0 Å². The van der Waals surface area contributed by atoms with Crippen LogP contribution in [0.2, 0.25) is 0 Å². The monoisotopic (exact) mass is 263 g/mol. The number of amides is 1.